The number of rotatable bonds is 8. The molecule has 1 saturated carbocycles. The molecule has 1 aliphatic carbocycles. The maximum atomic E-state index is 12.2. The van der Waals surface area contributed by atoms with Gasteiger partial charge in [0.2, 0.25) is 5.91 Å². The summed E-state index contributed by atoms with van der Waals surface area (Å²) in [6, 6.07) is 14.8. The lowest BCUT2D eigenvalue weighted by Gasteiger charge is -2.20. The van der Waals surface area contributed by atoms with Gasteiger partial charge in [-0.2, -0.15) is 5.10 Å². The quantitative estimate of drug-likeness (QED) is 0.544. The van der Waals surface area contributed by atoms with E-state index in [4.69, 9.17) is 0 Å². The van der Waals surface area contributed by atoms with E-state index < -0.39 is 0 Å². The number of hydrazone groups is 1. The molecule has 0 aliphatic heterocycles. The molecule has 1 aliphatic rings. The van der Waals surface area contributed by atoms with E-state index in [-0.39, 0.29) is 17.7 Å². The summed E-state index contributed by atoms with van der Waals surface area (Å²) in [4.78, 5) is 26.2. The number of benzene rings is 2. The van der Waals surface area contributed by atoms with Crippen LogP contribution < -0.4 is 15.6 Å². The Labute approximate surface area is 165 Å². The van der Waals surface area contributed by atoms with Gasteiger partial charge in [0.15, 0.2) is 0 Å². The van der Waals surface area contributed by atoms with Gasteiger partial charge >= 0.3 is 0 Å². The maximum Gasteiger partial charge on any atom is 0.271 e. The largest absolute Gasteiger partial charge is 0.372 e. The van der Waals surface area contributed by atoms with Crippen molar-refractivity contribution in [3.63, 3.8) is 0 Å². The third-order valence-electron chi connectivity index (χ3n) is 4.76. The smallest absolute Gasteiger partial charge is 0.271 e. The van der Waals surface area contributed by atoms with Crippen LogP contribution in [0, 0.1) is 5.92 Å². The molecular formula is C22H26N4O2. The van der Waals surface area contributed by atoms with Crippen LogP contribution in [-0.4, -0.2) is 31.1 Å². The van der Waals surface area contributed by atoms with Crippen molar-refractivity contribution >= 4 is 29.4 Å². The molecule has 6 heteroatoms. The van der Waals surface area contributed by atoms with E-state index in [1.54, 1.807) is 30.5 Å². The fourth-order valence-corrected chi connectivity index (χ4v) is 2.88. The average molecular weight is 378 g/mol. The third kappa shape index (κ3) is 5.19. The molecular weight excluding hydrogens is 352 g/mol. The fourth-order valence-electron chi connectivity index (χ4n) is 2.88. The number of nitrogens with one attached hydrogen (secondary N) is 2. The van der Waals surface area contributed by atoms with Crippen molar-refractivity contribution < 1.29 is 9.59 Å². The van der Waals surface area contributed by atoms with Crippen LogP contribution in [0.2, 0.25) is 0 Å². The monoisotopic (exact) mass is 378 g/mol. The first kappa shape index (κ1) is 19.6. The lowest BCUT2D eigenvalue weighted by Crippen LogP contribution is -2.21. The van der Waals surface area contributed by atoms with Crippen molar-refractivity contribution in [1.82, 2.24) is 5.43 Å². The van der Waals surface area contributed by atoms with Gasteiger partial charge in [-0.25, -0.2) is 5.43 Å². The lowest BCUT2D eigenvalue weighted by molar-refractivity contribution is -0.117. The predicted molar refractivity (Wildman–Crippen MR) is 113 cm³/mol. The first-order valence-corrected chi connectivity index (χ1v) is 9.70. The zero-order chi connectivity index (χ0) is 19.9. The van der Waals surface area contributed by atoms with Gasteiger partial charge in [-0.05, 0) is 68.7 Å². The minimum Gasteiger partial charge on any atom is -0.372 e. The molecule has 0 atom stereocenters. The molecule has 0 bridgehead atoms. The van der Waals surface area contributed by atoms with E-state index in [0.29, 0.717) is 11.3 Å². The zero-order valence-electron chi connectivity index (χ0n) is 16.3. The average Bonchev–Trinajstić information content (AvgIpc) is 3.56. The summed E-state index contributed by atoms with van der Waals surface area (Å²) in [5.74, 6) is -0.0942. The van der Waals surface area contributed by atoms with Crippen molar-refractivity contribution in [1.29, 1.82) is 0 Å². The standard InChI is InChI=1S/C22H26N4O2/c1-3-26(4-2)20-13-5-16(6-14-20)15-23-25-22(28)18-9-11-19(12-10-18)24-21(27)17-7-8-17/h5-6,9-15,17H,3-4,7-8H2,1-2H3,(H,24,27)(H,25,28). The van der Waals surface area contributed by atoms with Gasteiger partial charge in [0.25, 0.3) is 5.91 Å². The number of carbonyl (C=O) groups is 2. The molecule has 0 saturated heterocycles. The van der Waals surface area contributed by atoms with Gasteiger partial charge in [-0.15, -0.1) is 0 Å². The Morgan fingerprint density at radius 2 is 1.68 bits per heavy atom. The van der Waals surface area contributed by atoms with Crippen LogP contribution in [0.5, 0.6) is 0 Å². The number of nitrogens with zero attached hydrogens (tertiary/aromatic N) is 2. The summed E-state index contributed by atoms with van der Waals surface area (Å²) in [5.41, 5.74) is 5.79. The van der Waals surface area contributed by atoms with Crippen LogP contribution in [0.3, 0.4) is 0 Å². The normalized spacial score (nSPS) is 13.4. The molecule has 28 heavy (non-hydrogen) atoms. The summed E-state index contributed by atoms with van der Waals surface area (Å²) in [5, 5.41) is 6.88. The fraction of sp³-hybridized carbons (Fsp3) is 0.318. The van der Waals surface area contributed by atoms with Crippen LogP contribution in [0.4, 0.5) is 11.4 Å². The molecule has 0 spiro atoms. The predicted octanol–water partition coefficient (Wildman–Crippen LogP) is 3.65. The molecule has 0 aromatic heterocycles. The third-order valence-corrected chi connectivity index (χ3v) is 4.76. The molecule has 0 heterocycles. The topological polar surface area (TPSA) is 73.8 Å². The van der Waals surface area contributed by atoms with Gasteiger partial charge in [-0.1, -0.05) is 12.1 Å². The summed E-state index contributed by atoms with van der Waals surface area (Å²) >= 11 is 0. The second-order valence-corrected chi connectivity index (χ2v) is 6.80. The first-order chi connectivity index (χ1) is 13.6. The Bertz CT molecular complexity index is 836. The number of amides is 2. The summed E-state index contributed by atoms with van der Waals surface area (Å²) in [6.45, 7) is 6.18. The molecule has 146 valence electrons. The van der Waals surface area contributed by atoms with Crippen LogP contribution in [0.15, 0.2) is 53.6 Å². The van der Waals surface area contributed by atoms with Crippen LogP contribution in [0.25, 0.3) is 0 Å². The summed E-state index contributed by atoms with van der Waals surface area (Å²) in [6.07, 6.45) is 3.54. The van der Waals surface area contributed by atoms with Crippen LogP contribution >= 0.6 is 0 Å². The molecule has 3 rings (SSSR count). The Morgan fingerprint density at radius 1 is 1.04 bits per heavy atom. The number of carbonyl (C=O) groups excluding carboxylic acids is 2. The van der Waals surface area contributed by atoms with Crippen molar-refractivity contribution in [3.8, 4) is 0 Å². The van der Waals surface area contributed by atoms with E-state index >= 15 is 0 Å². The molecule has 0 radical (unpaired) electrons. The highest BCUT2D eigenvalue weighted by molar-refractivity contribution is 5.97. The van der Waals surface area contributed by atoms with Gasteiger partial charge in [0.1, 0.15) is 0 Å². The minimum absolute atomic E-state index is 0.0498. The highest BCUT2D eigenvalue weighted by atomic mass is 16.2. The number of hydrogen-bond donors (Lipinski definition) is 2. The molecule has 6 nitrogen and oxygen atoms in total. The zero-order valence-corrected chi connectivity index (χ0v) is 16.3. The molecule has 0 unspecified atom stereocenters. The molecule has 2 amide bonds. The van der Waals surface area contributed by atoms with Crippen LogP contribution in [0.1, 0.15) is 42.6 Å². The van der Waals surface area contributed by atoms with E-state index in [9.17, 15) is 9.59 Å². The lowest BCUT2D eigenvalue weighted by atomic mass is 10.2. The van der Waals surface area contributed by atoms with Crippen molar-refractivity contribution in [3.05, 3.63) is 59.7 Å². The molecule has 1 fully saturated rings. The Hall–Kier alpha value is -3.15. The van der Waals surface area contributed by atoms with Gasteiger partial charge in [0, 0.05) is 35.9 Å². The highest BCUT2D eigenvalue weighted by Crippen LogP contribution is 2.30. The SMILES string of the molecule is CCN(CC)c1ccc(C=NNC(=O)c2ccc(NC(=O)C3CC3)cc2)cc1. The van der Waals surface area contributed by atoms with E-state index in [1.807, 2.05) is 24.3 Å². The first-order valence-electron chi connectivity index (χ1n) is 9.70. The van der Waals surface area contributed by atoms with E-state index in [0.717, 1.165) is 31.5 Å². The van der Waals surface area contributed by atoms with Gasteiger partial charge < -0.3 is 10.2 Å². The second-order valence-electron chi connectivity index (χ2n) is 6.80. The van der Waals surface area contributed by atoms with Crippen molar-refractivity contribution in [2.45, 2.75) is 26.7 Å². The molecule has 2 N–H and O–H groups in total. The molecule has 2 aromatic carbocycles. The summed E-state index contributed by atoms with van der Waals surface area (Å²) < 4.78 is 0. The van der Waals surface area contributed by atoms with Crippen molar-refractivity contribution in [2.24, 2.45) is 11.0 Å². The Balaban J connectivity index is 1.52. The number of hydrogen-bond acceptors (Lipinski definition) is 4. The minimum atomic E-state index is -0.295. The number of anilines is 2. The van der Waals surface area contributed by atoms with E-state index in [2.05, 4.69) is 34.6 Å². The summed E-state index contributed by atoms with van der Waals surface area (Å²) in [7, 11) is 0. The second kappa shape index (κ2) is 9.17. The van der Waals surface area contributed by atoms with E-state index in [1.165, 1.54) is 5.69 Å². The molecule has 2 aromatic rings. The highest BCUT2D eigenvalue weighted by Gasteiger charge is 2.29. The Morgan fingerprint density at radius 3 is 2.25 bits per heavy atom. The van der Waals surface area contributed by atoms with Crippen molar-refractivity contribution in [2.75, 3.05) is 23.3 Å². The van der Waals surface area contributed by atoms with Gasteiger partial charge in [-0.3, -0.25) is 9.59 Å². The maximum absolute atomic E-state index is 12.2. The Kier molecular flexibility index (Phi) is 6.42. The van der Waals surface area contributed by atoms with Gasteiger partial charge in [0.05, 0.1) is 6.21 Å². The van der Waals surface area contributed by atoms with Crippen LogP contribution in [-0.2, 0) is 4.79 Å².